The fraction of sp³-hybridized carbons (Fsp3) is 0.273. The molecule has 2 heterocycles. The van der Waals surface area contributed by atoms with Gasteiger partial charge in [0.25, 0.3) is 0 Å². The van der Waals surface area contributed by atoms with Crippen LogP contribution in [0.3, 0.4) is 0 Å². The number of nitrogens with one attached hydrogen (secondary N) is 3. The molecule has 0 spiro atoms. The molecule has 2 aromatic heterocycles. The maximum Gasteiger partial charge on any atom is 0.341 e. The summed E-state index contributed by atoms with van der Waals surface area (Å²) in [5.74, 6) is -0.273. The average molecular weight is 709 g/mol. The fourth-order valence-electron chi connectivity index (χ4n) is 5.25. The molecule has 2 unspecified atom stereocenters. The molecule has 49 heavy (non-hydrogen) atoms. The van der Waals surface area contributed by atoms with Gasteiger partial charge in [-0.15, -0.1) is 10.2 Å². The number of aromatic amines is 1. The Hall–Kier alpha value is -5.22. The van der Waals surface area contributed by atoms with Crippen LogP contribution in [0.4, 0.5) is 11.4 Å². The number of fused-ring (bicyclic) bond motifs is 1. The summed E-state index contributed by atoms with van der Waals surface area (Å²) in [4.78, 5) is 24.2. The number of methoxy groups -OCH3 is 2. The summed E-state index contributed by atoms with van der Waals surface area (Å²) in [7, 11) is 2.38. The van der Waals surface area contributed by atoms with Gasteiger partial charge >= 0.3 is 34.5 Å². The summed E-state index contributed by atoms with van der Waals surface area (Å²) in [6.07, 6.45) is 0. The average Bonchev–Trinajstić information content (AvgIpc) is 3.66. The minimum atomic E-state index is -2.16. The number of aromatic nitrogens is 4. The summed E-state index contributed by atoms with van der Waals surface area (Å²) in [5, 5.41) is 12.1. The molecule has 0 saturated heterocycles. The molecule has 3 aromatic carbocycles. The van der Waals surface area contributed by atoms with Gasteiger partial charge in [0, 0.05) is 23.0 Å². The molecule has 0 radical (unpaired) electrons. The van der Waals surface area contributed by atoms with Crippen molar-refractivity contribution >= 4 is 51.5 Å². The highest BCUT2D eigenvalue weighted by atomic mass is 32.2. The molecule has 0 fully saturated rings. The van der Waals surface area contributed by atoms with Crippen molar-refractivity contribution in [3.63, 3.8) is 0 Å². The van der Waals surface area contributed by atoms with Gasteiger partial charge in [-0.3, -0.25) is 14.5 Å². The van der Waals surface area contributed by atoms with E-state index in [1.165, 1.54) is 32.4 Å². The van der Waals surface area contributed by atoms with E-state index in [4.69, 9.17) is 13.1 Å². The quantitative estimate of drug-likeness (QED) is 0.135. The molecule has 0 aliphatic carbocycles. The van der Waals surface area contributed by atoms with Crippen LogP contribution in [0.15, 0.2) is 48.5 Å². The molecule has 0 aliphatic rings. The second-order valence-corrected chi connectivity index (χ2v) is 13.2. The molecule has 258 valence electrons. The smallest absolute Gasteiger partial charge is 0.341 e. The molecular formula is C33H36N6O8S2. The van der Waals surface area contributed by atoms with Crippen molar-refractivity contribution in [3.8, 4) is 22.9 Å². The van der Waals surface area contributed by atoms with Crippen LogP contribution >= 0.6 is 0 Å². The van der Waals surface area contributed by atoms with Crippen molar-refractivity contribution in [2.75, 3.05) is 23.7 Å². The molecule has 0 amide bonds. The predicted molar refractivity (Wildman–Crippen MR) is 186 cm³/mol. The molecule has 16 heteroatoms. The first-order chi connectivity index (χ1) is 23.3. The zero-order chi connectivity index (χ0) is 35.6. The largest absolute Gasteiger partial charge is 0.465 e. The van der Waals surface area contributed by atoms with E-state index in [1.54, 1.807) is 25.1 Å². The van der Waals surface area contributed by atoms with E-state index >= 15 is 0 Å². The first kappa shape index (κ1) is 35.1. The molecule has 0 aliphatic heterocycles. The van der Waals surface area contributed by atoms with Crippen LogP contribution in [-0.4, -0.2) is 54.4 Å². The molecular weight excluding hydrogens is 673 g/mol. The molecule has 5 rings (SSSR count). The van der Waals surface area contributed by atoms with E-state index in [0.29, 0.717) is 34.2 Å². The van der Waals surface area contributed by atoms with Crippen molar-refractivity contribution in [2.24, 2.45) is 0 Å². The number of ether oxygens (including phenoxy) is 2. The van der Waals surface area contributed by atoms with Crippen LogP contribution in [0, 0.1) is 27.7 Å². The van der Waals surface area contributed by atoms with Gasteiger partial charge in [0.2, 0.25) is 0 Å². The number of esters is 2. The topological polar surface area (TPSA) is 175 Å². The lowest BCUT2D eigenvalue weighted by molar-refractivity contribution is 0.0598. The zero-order valence-electron chi connectivity index (χ0n) is 28.1. The molecule has 0 bridgehead atoms. The predicted octanol–water partition coefficient (Wildman–Crippen LogP) is 5.79. The van der Waals surface area contributed by atoms with Gasteiger partial charge in [-0.1, -0.05) is 19.9 Å². The number of H-pyrrole nitrogens is 1. The highest BCUT2D eigenvalue weighted by molar-refractivity contribution is 7.82. The van der Waals surface area contributed by atoms with Crippen LogP contribution in [0.2, 0.25) is 0 Å². The number of nitrogens with zero attached hydrogens (tertiary/aromatic N) is 3. The van der Waals surface area contributed by atoms with Gasteiger partial charge < -0.3 is 17.8 Å². The number of hydrogen-bond donors (Lipinski definition) is 3. The van der Waals surface area contributed by atoms with E-state index in [2.05, 4.69) is 43.3 Å². The molecule has 3 N–H and O–H groups in total. The Labute approximate surface area is 288 Å². The first-order valence-corrected chi connectivity index (χ1v) is 17.2. The molecule has 2 atom stereocenters. The van der Waals surface area contributed by atoms with E-state index in [0.717, 1.165) is 27.9 Å². The van der Waals surface area contributed by atoms with Gasteiger partial charge in [-0.2, -0.15) is 8.42 Å². The Morgan fingerprint density at radius 1 is 0.796 bits per heavy atom. The van der Waals surface area contributed by atoms with Crippen LogP contribution in [0.1, 0.15) is 68.4 Å². The SMILES string of the molecule is COC(=O)c1ccc(OS(=O)Nc2ccc(OS(=O)Nc3c(C)cc(C)c(-c4nnc5cc(C(C)C)[nH]n45)c3C)c(C)c2)c(C(=O)OC)c1. The number of benzene rings is 3. The monoisotopic (exact) mass is 708 g/mol. The molecule has 5 aromatic rings. The maximum absolute atomic E-state index is 13.3. The van der Waals surface area contributed by atoms with Crippen molar-refractivity contribution in [2.45, 2.75) is 47.5 Å². The summed E-state index contributed by atoms with van der Waals surface area (Å²) >= 11 is -4.14. The normalized spacial score (nSPS) is 12.4. The zero-order valence-corrected chi connectivity index (χ0v) is 29.8. The highest BCUT2D eigenvalue weighted by Gasteiger charge is 2.22. The maximum atomic E-state index is 13.3. The third kappa shape index (κ3) is 7.44. The van der Waals surface area contributed by atoms with Crippen molar-refractivity contribution in [3.05, 3.63) is 87.6 Å². The van der Waals surface area contributed by atoms with E-state index in [-0.39, 0.29) is 22.8 Å². The molecule has 14 nitrogen and oxygen atoms in total. The number of anilines is 2. The highest BCUT2D eigenvalue weighted by Crippen LogP contribution is 2.35. The lowest BCUT2D eigenvalue weighted by Gasteiger charge is -2.18. The Balaban J connectivity index is 1.29. The lowest BCUT2D eigenvalue weighted by atomic mass is 9.97. The van der Waals surface area contributed by atoms with Gasteiger partial charge in [-0.05, 0) is 92.3 Å². The summed E-state index contributed by atoms with van der Waals surface area (Å²) < 4.78 is 54.3. The Kier molecular flexibility index (Phi) is 10.4. The first-order valence-electron chi connectivity index (χ1n) is 15.0. The number of carbonyl (C=O) groups is 2. The summed E-state index contributed by atoms with van der Waals surface area (Å²) in [6, 6.07) is 12.7. The number of hydrogen-bond acceptors (Lipinski definition) is 10. The van der Waals surface area contributed by atoms with E-state index < -0.39 is 34.5 Å². The van der Waals surface area contributed by atoms with Crippen molar-refractivity contribution < 1.29 is 35.8 Å². The Bertz CT molecular complexity index is 2120. The number of aryl methyl sites for hydroxylation is 3. The fourth-order valence-corrected chi connectivity index (χ4v) is 6.79. The molecule has 0 saturated carbocycles. The minimum absolute atomic E-state index is 0.0741. The summed E-state index contributed by atoms with van der Waals surface area (Å²) in [5.41, 5.74) is 6.91. The summed E-state index contributed by atoms with van der Waals surface area (Å²) in [6.45, 7) is 11.8. The van der Waals surface area contributed by atoms with Gasteiger partial charge in [-0.25, -0.2) is 14.1 Å². The lowest BCUT2D eigenvalue weighted by Crippen LogP contribution is -2.15. The van der Waals surface area contributed by atoms with Crippen molar-refractivity contribution in [1.29, 1.82) is 0 Å². The standard InChI is InChI=1S/C33H36N6O8S2/c1-17(2)25-16-28-34-35-31(39(28)36-25)29-19(4)13-20(5)30(21(29)6)38-49(43)46-26-12-10-23(14-18(26)3)37-48(42)47-27-11-9-22(32(40)44-7)15-24(27)33(41)45-8/h9-17,36-38H,1-8H3. The Morgan fingerprint density at radius 3 is 2.14 bits per heavy atom. The second kappa shape index (κ2) is 14.5. The Morgan fingerprint density at radius 2 is 1.47 bits per heavy atom. The van der Waals surface area contributed by atoms with E-state index in [9.17, 15) is 18.0 Å². The van der Waals surface area contributed by atoms with Gasteiger partial charge in [0.1, 0.15) is 11.3 Å². The second-order valence-electron chi connectivity index (χ2n) is 11.5. The van der Waals surface area contributed by atoms with Crippen LogP contribution in [0.5, 0.6) is 11.5 Å². The number of rotatable bonds is 12. The van der Waals surface area contributed by atoms with Gasteiger partial charge in [0.05, 0.1) is 25.5 Å². The number of carbonyl (C=O) groups excluding carboxylic acids is 2. The van der Waals surface area contributed by atoms with Gasteiger partial charge in [0.15, 0.2) is 17.2 Å². The van der Waals surface area contributed by atoms with Crippen LogP contribution in [-0.2, 0) is 32.0 Å². The third-order valence-electron chi connectivity index (χ3n) is 7.73. The van der Waals surface area contributed by atoms with Crippen LogP contribution < -0.4 is 17.8 Å². The van der Waals surface area contributed by atoms with E-state index in [1.807, 2.05) is 37.4 Å². The van der Waals surface area contributed by atoms with Crippen LogP contribution in [0.25, 0.3) is 17.0 Å². The third-order valence-corrected chi connectivity index (χ3v) is 9.16. The minimum Gasteiger partial charge on any atom is -0.465 e. The van der Waals surface area contributed by atoms with Crippen molar-refractivity contribution in [1.82, 2.24) is 19.8 Å².